The number of alkyl carbamates (subject to hydrolysis) is 1. The molecular weight excluding hydrogens is 276 g/mol. The van der Waals surface area contributed by atoms with Crippen molar-refractivity contribution in [1.29, 1.82) is 0 Å². The Labute approximate surface area is 121 Å². The first-order valence-corrected chi connectivity index (χ1v) is 6.47. The van der Waals surface area contributed by atoms with Crippen LogP contribution in [0.3, 0.4) is 0 Å². The van der Waals surface area contributed by atoms with Crippen molar-refractivity contribution in [2.45, 2.75) is 25.6 Å². The third-order valence-electron chi connectivity index (χ3n) is 2.96. The molecule has 0 saturated carbocycles. The van der Waals surface area contributed by atoms with Gasteiger partial charge in [0.1, 0.15) is 19.3 Å². The zero-order valence-corrected chi connectivity index (χ0v) is 11.5. The van der Waals surface area contributed by atoms with E-state index in [1.807, 2.05) is 30.3 Å². The molecule has 7 heteroatoms. The summed E-state index contributed by atoms with van der Waals surface area (Å²) in [6.45, 7) is 1.41. The Balaban J connectivity index is 1.76. The Hall–Kier alpha value is -2.57. The van der Waals surface area contributed by atoms with Crippen LogP contribution in [-0.2, 0) is 25.7 Å². The molecule has 0 aliphatic carbocycles. The van der Waals surface area contributed by atoms with E-state index in [9.17, 15) is 14.4 Å². The summed E-state index contributed by atoms with van der Waals surface area (Å²) in [6.07, 6.45) is -0.688. The lowest BCUT2D eigenvalue weighted by atomic mass is 10.0. The molecule has 0 radical (unpaired) electrons. The lowest BCUT2D eigenvalue weighted by molar-refractivity contribution is -0.146. The second-order valence-electron chi connectivity index (χ2n) is 4.60. The SMILES string of the molecule is CC(=O)OC[C@H]1NC(=O)[C@@H]1NC(=O)OCc1ccccc1. The maximum absolute atomic E-state index is 11.6. The van der Waals surface area contributed by atoms with Crippen molar-refractivity contribution in [3.05, 3.63) is 35.9 Å². The molecule has 1 heterocycles. The number of esters is 1. The minimum absolute atomic E-state index is 0.0186. The molecule has 1 aromatic carbocycles. The predicted octanol–water partition coefficient (Wildman–Crippen LogP) is 0.343. The van der Waals surface area contributed by atoms with Crippen LogP contribution in [-0.4, -0.2) is 36.7 Å². The number of benzene rings is 1. The van der Waals surface area contributed by atoms with Crippen molar-refractivity contribution in [1.82, 2.24) is 10.6 Å². The second-order valence-corrected chi connectivity index (χ2v) is 4.60. The molecule has 1 saturated heterocycles. The van der Waals surface area contributed by atoms with E-state index in [4.69, 9.17) is 9.47 Å². The molecule has 2 N–H and O–H groups in total. The highest BCUT2D eigenvalue weighted by molar-refractivity contribution is 5.92. The zero-order chi connectivity index (χ0) is 15.2. The third-order valence-corrected chi connectivity index (χ3v) is 2.96. The molecule has 0 aromatic heterocycles. The van der Waals surface area contributed by atoms with Crippen LogP contribution >= 0.6 is 0 Å². The van der Waals surface area contributed by atoms with Gasteiger partial charge in [-0.25, -0.2) is 4.79 Å². The number of nitrogens with one attached hydrogen (secondary N) is 2. The highest BCUT2D eigenvalue weighted by atomic mass is 16.5. The maximum atomic E-state index is 11.6. The molecule has 21 heavy (non-hydrogen) atoms. The number of hydrogen-bond donors (Lipinski definition) is 2. The number of ether oxygens (including phenoxy) is 2. The smallest absolute Gasteiger partial charge is 0.408 e. The second kappa shape index (κ2) is 6.74. The van der Waals surface area contributed by atoms with Gasteiger partial charge in [0, 0.05) is 6.92 Å². The fourth-order valence-electron chi connectivity index (χ4n) is 1.85. The molecule has 1 fully saturated rings. The van der Waals surface area contributed by atoms with Crippen LogP contribution in [0.1, 0.15) is 12.5 Å². The molecule has 0 spiro atoms. The molecule has 0 unspecified atom stereocenters. The number of rotatable bonds is 5. The summed E-state index contributed by atoms with van der Waals surface area (Å²) in [6, 6.07) is 8.02. The molecule has 2 rings (SSSR count). The van der Waals surface area contributed by atoms with Crippen LogP contribution in [0.4, 0.5) is 4.79 Å². The zero-order valence-electron chi connectivity index (χ0n) is 11.5. The summed E-state index contributed by atoms with van der Waals surface area (Å²) >= 11 is 0. The molecule has 1 aromatic rings. The molecule has 112 valence electrons. The number of β-lactam (4-membered cyclic amide) rings is 1. The molecule has 7 nitrogen and oxygen atoms in total. The van der Waals surface area contributed by atoms with Gasteiger partial charge in [-0.15, -0.1) is 0 Å². The maximum Gasteiger partial charge on any atom is 0.408 e. The lowest BCUT2D eigenvalue weighted by Gasteiger charge is -2.36. The van der Waals surface area contributed by atoms with Crippen LogP contribution in [0.2, 0.25) is 0 Å². The Bertz CT molecular complexity index is 531. The monoisotopic (exact) mass is 292 g/mol. The average molecular weight is 292 g/mol. The van der Waals surface area contributed by atoms with E-state index >= 15 is 0 Å². The first kappa shape index (κ1) is 14.8. The Morgan fingerprint density at radius 3 is 2.57 bits per heavy atom. The van der Waals surface area contributed by atoms with E-state index in [-0.39, 0.29) is 19.1 Å². The van der Waals surface area contributed by atoms with Gasteiger partial charge in [0.15, 0.2) is 0 Å². The van der Waals surface area contributed by atoms with Gasteiger partial charge in [-0.1, -0.05) is 30.3 Å². The summed E-state index contributed by atoms with van der Waals surface area (Å²) in [4.78, 5) is 33.7. The predicted molar refractivity (Wildman–Crippen MR) is 72.1 cm³/mol. The molecule has 2 atom stereocenters. The molecule has 1 aliphatic heterocycles. The Kier molecular flexibility index (Phi) is 4.76. The van der Waals surface area contributed by atoms with Gasteiger partial charge in [-0.2, -0.15) is 0 Å². The normalized spacial score (nSPS) is 20.0. The fourth-order valence-corrected chi connectivity index (χ4v) is 1.85. The van der Waals surface area contributed by atoms with E-state index in [0.29, 0.717) is 0 Å². The van der Waals surface area contributed by atoms with Crippen molar-refractivity contribution in [3.8, 4) is 0 Å². The van der Waals surface area contributed by atoms with Crippen LogP contribution in [0.25, 0.3) is 0 Å². The van der Waals surface area contributed by atoms with Crippen LogP contribution < -0.4 is 10.6 Å². The lowest BCUT2D eigenvalue weighted by Crippen LogP contribution is -2.70. The average Bonchev–Trinajstić information content (AvgIpc) is 2.47. The standard InChI is InChI=1S/C14H16N2O5/c1-9(17)20-8-11-12(13(18)15-11)16-14(19)21-7-10-5-3-2-4-6-10/h2-6,11-12H,7-8H2,1H3,(H,15,18)(H,16,19)/t11-,12-/m1/s1. The van der Waals surface area contributed by atoms with E-state index in [2.05, 4.69) is 10.6 Å². The van der Waals surface area contributed by atoms with E-state index in [0.717, 1.165) is 5.56 Å². The number of carbonyl (C=O) groups excluding carboxylic acids is 3. The van der Waals surface area contributed by atoms with Gasteiger partial charge in [-0.3, -0.25) is 9.59 Å². The van der Waals surface area contributed by atoms with E-state index in [1.165, 1.54) is 6.92 Å². The Morgan fingerprint density at radius 2 is 1.95 bits per heavy atom. The first-order valence-electron chi connectivity index (χ1n) is 6.47. The number of hydrogen-bond acceptors (Lipinski definition) is 5. The first-order chi connectivity index (χ1) is 10.1. The van der Waals surface area contributed by atoms with Crippen molar-refractivity contribution in [3.63, 3.8) is 0 Å². The third kappa shape index (κ3) is 4.20. The van der Waals surface area contributed by atoms with Crippen molar-refractivity contribution in [2.24, 2.45) is 0 Å². The highest BCUT2D eigenvalue weighted by Gasteiger charge is 2.41. The summed E-state index contributed by atoms with van der Waals surface area (Å²) in [5.74, 6) is -0.773. The van der Waals surface area contributed by atoms with Gasteiger partial charge >= 0.3 is 12.1 Å². The van der Waals surface area contributed by atoms with E-state index in [1.54, 1.807) is 0 Å². The van der Waals surface area contributed by atoms with Crippen molar-refractivity contribution in [2.75, 3.05) is 6.61 Å². The largest absolute Gasteiger partial charge is 0.464 e. The van der Waals surface area contributed by atoms with Crippen LogP contribution in [0.15, 0.2) is 30.3 Å². The van der Waals surface area contributed by atoms with Crippen molar-refractivity contribution >= 4 is 18.0 Å². The number of carbonyl (C=O) groups is 3. The van der Waals surface area contributed by atoms with Crippen molar-refractivity contribution < 1.29 is 23.9 Å². The quantitative estimate of drug-likeness (QED) is 0.603. The summed E-state index contributed by atoms with van der Waals surface area (Å²) in [5, 5.41) is 4.99. The molecular formula is C14H16N2O5. The number of amides is 2. The van der Waals surface area contributed by atoms with Gasteiger partial charge in [-0.05, 0) is 5.56 Å². The molecule has 1 aliphatic rings. The van der Waals surface area contributed by atoms with E-state index < -0.39 is 24.1 Å². The fraction of sp³-hybridized carbons (Fsp3) is 0.357. The summed E-state index contributed by atoms with van der Waals surface area (Å²) in [5.41, 5.74) is 0.849. The summed E-state index contributed by atoms with van der Waals surface area (Å²) in [7, 11) is 0. The summed E-state index contributed by atoms with van der Waals surface area (Å²) < 4.78 is 9.81. The minimum atomic E-state index is -0.743. The highest BCUT2D eigenvalue weighted by Crippen LogP contribution is 2.08. The molecule has 2 amide bonds. The molecule has 0 bridgehead atoms. The van der Waals surface area contributed by atoms with Gasteiger partial charge in [0.2, 0.25) is 5.91 Å². The topological polar surface area (TPSA) is 93.7 Å². The van der Waals surface area contributed by atoms with Gasteiger partial charge < -0.3 is 20.1 Å². The van der Waals surface area contributed by atoms with Gasteiger partial charge in [0.05, 0.1) is 6.04 Å². The minimum Gasteiger partial charge on any atom is -0.464 e. The van der Waals surface area contributed by atoms with Gasteiger partial charge in [0.25, 0.3) is 0 Å². The Morgan fingerprint density at radius 1 is 1.24 bits per heavy atom. The van der Waals surface area contributed by atoms with Crippen LogP contribution in [0, 0.1) is 0 Å². The van der Waals surface area contributed by atoms with Crippen LogP contribution in [0.5, 0.6) is 0 Å².